The van der Waals surface area contributed by atoms with Crippen LogP contribution in [0.25, 0.3) is 0 Å². The zero-order valence-corrected chi connectivity index (χ0v) is 11.2. The molecule has 5 nitrogen and oxygen atoms in total. The number of rotatable bonds is 3. The first-order valence-electron chi connectivity index (χ1n) is 6.50. The van der Waals surface area contributed by atoms with E-state index in [4.69, 9.17) is 5.11 Å². The number of nitrogens with one attached hydrogen (secondary N) is 1. The molecule has 2 rings (SSSR count). The van der Waals surface area contributed by atoms with Crippen LogP contribution in [0.4, 0.5) is 14.9 Å². The van der Waals surface area contributed by atoms with Gasteiger partial charge in [-0.2, -0.15) is 0 Å². The third-order valence-corrected chi connectivity index (χ3v) is 3.49. The normalized spacial score (nSPS) is 18.1. The number of anilines is 1. The Labute approximate surface area is 116 Å². The minimum Gasteiger partial charge on any atom is -0.481 e. The van der Waals surface area contributed by atoms with E-state index in [-0.39, 0.29) is 24.1 Å². The van der Waals surface area contributed by atoms with Gasteiger partial charge in [0.2, 0.25) is 0 Å². The number of para-hydroxylation sites is 1. The van der Waals surface area contributed by atoms with Crippen LogP contribution in [0.3, 0.4) is 0 Å². The van der Waals surface area contributed by atoms with Crippen LogP contribution in [0.15, 0.2) is 18.2 Å². The van der Waals surface area contributed by atoms with Crippen molar-refractivity contribution in [2.24, 2.45) is 5.92 Å². The highest BCUT2D eigenvalue weighted by molar-refractivity contribution is 5.90. The fourth-order valence-corrected chi connectivity index (χ4v) is 2.41. The van der Waals surface area contributed by atoms with Crippen LogP contribution in [0, 0.1) is 18.7 Å². The van der Waals surface area contributed by atoms with Crippen molar-refractivity contribution in [3.05, 3.63) is 29.6 Å². The second kappa shape index (κ2) is 5.90. The largest absolute Gasteiger partial charge is 0.481 e. The van der Waals surface area contributed by atoms with E-state index >= 15 is 0 Å². The number of carbonyl (C=O) groups is 2. The van der Waals surface area contributed by atoms with Gasteiger partial charge in [0, 0.05) is 19.5 Å². The fraction of sp³-hybridized carbons (Fsp3) is 0.429. The number of hydrogen-bond donors (Lipinski definition) is 2. The molecule has 20 heavy (non-hydrogen) atoms. The van der Waals surface area contributed by atoms with Gasteiger partial charge in [-0.15, -0.1) is 0 Å². The number of hydrogen-bond acceptors (Lipinski definition) is 2. The van der Waals surface area contributed by atoms with Gasteiger partial charge in [0.05, 0.1) is 5.69 Å². The van der Waals surface area contributed by atoms with Gasteiger partial charge in [-0.3, -0.25) is 4.79 Å². The maximum atomic E-state index is 13.6. The Hall–Kier alpha value is -2.11. The van der Waals surface area contributed by atoms with Crippen molar-refractivity contribution in [1.82, 2.24) is 4.90 Å². The maximum Gasteiger partial charge on any atom is 0.321 e. The van der Waals surface area contributed by atoms with Crippen molar-refractivity contribution >= 4 is 17.7 Å². The molecule has 2 amide bonds. The number of carboxylic acid groups (broad SMARTS) is 1. The highest BCUT2D eigenvalue weighted by atomic mass is 19.1. The number of halogens is 1. The van der Waals surface area contributed by atoms with E-state index in [1.54, 1.807) is 19.1 Å². The number of benzene rings is 1. The van der Waals surface area contributed by atoms with Crippen molar-refractivity contribution in [3.8, 4) is 0 Å². The molecule has 6 heteroatoms. The molecule has 1 fully saturated rings. The van der Waals surface area contributed by atoms with E-state index < -0.39 is 11.8 Å². The highest BCUT2D eigenvalue weighted by Crippen LogP contribution is 2.23. The molecule has 1 aliphatic heterocycles. The summed E-state index contributed by atoms with van der Waals surface area (Å²) >= 11 is 0. The van der Waals surface area contributed by atoms with E-state index in [2.05, 4.69) is 5.32 Å². The van der Waals surface area contributed by atoms with Crippen LogP contribution in [-0.2, 0) is 4.79 Å². The lowest BCUT2D eigenvalue weighted by molar-refractivity contribution is -0.138. The molecule has 0 spiro atoms. The summed E-state index contributed by atoms with van der Waals surface area (Å²) in [7, 11) is 0. The molecule has 1 aromatic carbocycles. The van der Waals surface area contributed by atoms with E-state index in [1.165, 1.54) is 11.0 Å². The lowest BCUT2D eigenvalue weighted by atomic mass is 10.1. The van der Waals surface area contributed by atoms with E-state index in [1.807, 2.05) is 0 Å². The van der Waals surface area contributed by atoms with Crippen LogP contribution < -0.4 is 5.32 Å². The molecule has 1 heterocycles. The second-order valence-corrected chi connectivity index (χ2v) is 5.06. The predicted octanol–water partition coefficient (Wildman–Crippen LogP) is 2.46. The summed E-state index contributed by atoms with van der Waals surface area (Å²) < 4.78 is 13.6. The van der Waals surface area contributed by atoms with Gasteiger partial charge in [0.1, 0.15) is 5.82 Å². The number of urea groups is 1. The van der Waals surface area contributed by atoms with Crippen LogP contribution in [0.2, 0.25) is 0 Å². The maximum absolute atomic E-state index is 13.6. The minimum absolute atomic E-state index is 0.0278. The number of carbonyl (C=O) groups excluding carboxylic acids is 1. The molecule has 1 saturated heterocycles. The van der Waals surface area contributed by atoms with Gasteiger partial charge in [0.15, 0.2) is 0 Å². The van der Waals surface area contributed by atoms with Crippen molar-refractivity contribution in [3.63, 3.8) is 0 Å². The van der Waals surface area contributed by atoms with E-state index in [9.17, 15) is 14.0 Å². The summed E-state index contributed by atoms with van der Waals surface area (Å²) in [6.45, 7) is 2.61. The summed E-state index contributed by atoms with van der Waals surface area (Å²) in [5.74, 6) is -1.36. The first kappa shape index (κ1) is 14.3. The Kier molecular flexibility index (Phi) is 4.22. The van der Waals surface area contributed by atoms with E-state index in [0.29, 0.717) is 25.1 Å². The van der Waals surface area contributed by atoms with Gasteiger partial charge >= 0.3 is 12.0 Å². The Bertz CT molecular complexity index is 513. The Morgan fingerprint density at radius 3 is 2.90 bits per heavy atom. The summed E-state index contributed by atoms with van der Waals surface area (Å²) in [5, 5.41) is 11.3. The molecule has 0 aliphatic carbocycles. The molecule has 1 aliphatic rings. The Morgan fingerprint density at radius 2 is 2.25 bits per heavy atom. The van der Waals surface area contributed by atoms with Crippen molar-refractivity contribution in [1.29, 1.82) is 0 Å². The van der Waals surface area contributed by atoms with Gasteiger partial charge in [-0.05, 0) is 30.9 Å². The van der Waals surface area contributed by atoms with Crippen molar-refractivity contribution < 1.29 is 19.1 Å². The Morgan fingerprint density at radius 1 is 1.50 bits per heavy atom. The standard InChI is InChI=1S/C14H17FN2O3/c1-9-3-2-4-11(15)13(9)16-14(20)17-6-5-10(8-17)7-12(18)19/h2-4,10H,5-8H2,1H3,(H,16,20)(H,18,19). The van der Waals surface area contributed by atoms with Crippen LogP contribution in [-0.4, -0.2) is 35.1 Å². The van der Waals surface area contributed by atoms with Crippen LogP contribution in [0.5, 0.6) is 0 Å². The third kappa shape index (κ3) is 3.26. The highest BCUT2D eigenvalue weighted by Gasteiger charge is 2.28. The van der Waals surface area contributed by atoms with Gasteiger partial charge in [-0.25, -0.2) is 9.18 Å². The first-order valence-corrected chi connectivity index (χ1v) is 6.50. The lowest BCUT2D eigenvalue weighted by Crippen LogP contribution is -2.33. The summed E-state index contributed by atoms with van der Waals surface area (Å²) in [6.07, 6.45) is 0.721. The molecule has 1 aromatic rings. The third-order valence-electron chi connectivity index (χ3n) is 3.49. The summed E-state index contributed by atoms with van der Waals surface area (Å²) in [6, 6.07) is 4.21. The molecule has 1 unspecified atom stereocenters. The topological polar surface area (TPSA) is 69.6 Å². The zero-order valence-electron chi connectivity index (χ0n) is 11.2. The lowest BCUT2D eigenvalue weighted by Gasteiger charge is -2.18. The molecular formula is C14H17FN2O3. The van der Waals surface area contributed by atoms with Crippen LogP contribution >= 0.6 is 0 Å². The number of amides is 2. The van der Waals surface area contributed by atoms with Gasteiger partial charge in [-0.1, -0.05) is 12.1 Å². The molecule has 0 saturated carbocycles. The number of nitrogens with zero attached hydrogens (tertiary/aromatic N) is 1. The Balaban J connectivity index is 1.98. The summed E-state index contributed by atoms with van der Waals surface area (Å²) in [5.41, 5.74) is 0.832. The van der Waals surface area contributed by atoms with Crippen molar-refractivity contribution in [2.75, 3.05) is 18.4 Å². The van der Waals surface area contributed by atoms with E-state index in [0.717, 1.165) is 0 Å². The number of aliphatic carboxylic acids is 1. The molecule has 0 aromatic heterocycles. The fourth-order valence-electron chi connectivity index (χ4n) is 2.41. The smallest absolute Gasteiger partial charge is 0.321 e. The molecular weight excluding hydrogens is 263 g/mol. The second-order valence-electron chi connectivity index (χ2n) is 5.06. The molecule has 0 radical (unpaired) electrons. The molecule has 2 N–H and O–H groups in total. The molecule has 0 bridgehead atoms. The number of likely N-dealkylation sites (tertiary alicyclic amines) is 1. The zero-order chi connectivity index (χ0) is 14.7. The average Bonchev–Trinajstić information content (AvgIpc) is 2.81. The molecule has 108 valence electrons. The van der Waals surface area contributed by atoms with Gasteiger partial charge < -0.3 is 15.3 Å². The SMILES string of the molecule is Cc1cccc(F)c1NC(=O)N1CCC(CC(=O)O)C1. The summed E-state index contributed by atoms with van der Waals surface area (Å²) in [4.78, 5) is 24.2. The quantitative estimate of drug-likeness (QED) is 0.893. The number of carboxylic acids is 1. The first-order chi connectivity index (χ1) is 9.47. The average molecular weight is 280 g/mol. The predicted molar refractivity (Wildman–Crippen MR) is 72.1 cm³/mol. The molecule has 1 atom stereocenters. The van der Waals surface area contributed by atoms with Crippen molar-refractivity contribution in [2.45, 2.75) is 19.8 Å². The van der Waals surface area contributed by atoms with Gasteiger partial charge in [0.25, 0.3) is 0 Å². The minimum atomic E-state index is -0.859. The number of aryl methyl sites for hydroxylation is 1. The van der Waals surface area contributed by atoms with Crippen LogP contribution in [0.1, 0.15) is 18.4 Å². The monoisotopic (exact) mass is 280 g/mol.